The number of aryl methyl sites for hydroxylation is 1. The number of hydrogen-bond acceptors (Lipinski definition) is 4. The standard InChI is InChI=1S/C20H28N4O3/c1-5-14(6-2)24-12-20-8-7-15(27-20)16(17(20)19(24)26)18(25)22(3)10-13-9-21-23(4)11-13/h7-9,11,14-17H,5-6,10,12H2,1-4H3/t15-,16?,17?,20-/m0/s1. The van der Waals surface area contributed by atoms with E-state index in [1.165, 1.54) is 0 Å². The van der Waals surface area contributed by atoms with Crippen LogP contribution >= 0.6 is 0 Å². The van der Waals surface area contributed by atoms with Gasteiger partial charge in [0.2, 0.25) is 11.8 Å². The van der Waals surface area contributed by atoms with Gasteiger partial charge in [0, 0.05) is 38.4 Å². The zero-order valence-electron chi connectivity index (χ0n) is 16.5. The lowest BCUT2D eigenvalue weighted by Crippen LogP contribution is -2.45. The number of hydrogen-bond donors (Lipinski definition) is 0. The first kappa shape index (κ1) is 18.2. The molecule has 4 atom stereocenters. The van der Waals surface area contributed by atoms with Crippen molar-refractivity contribution in [2.24, 2.45) is 18.9 Å². The lowest BCUT2D eigenvalue weighted by atomic mass is 9.76. The average Bonchev–Trinajstić information content (AvgIpc) is 3.38. The second-order valence-corrected chi connectivity index (χ2v) is 8.05. The van der Waals surface area contributed by atoms with E-state index in [0.717, 1.165) is 18.4 Å². The number of nitrogens with zero attached hydrogens (tertiary/aromatic N) is 4. The van der Waals surface area contributed by atoms with Crippen LogP contribution in [0.2, 0.25) is 0 Å². The summed E-state index contributed by atoms with van der Waals surface area (Å²) in [5.74, 6) is -0.802. The zero-order valence-corrected chi connectivity index (χ0v) is 16.5. The highest BCUT2D eigenvalue weighted by Crippen LogP contribution is 2.52. The molecule has 2 unspecified atom stereocenters. The molecule has 2 fully saturated rings. The summed E-state index contributed by atoms with van der Waals surface area (Å²) < 4.78 is 7.95. The monoisotopic (exact) mass is 372 g/mol. The van der Waals surface area contributed by atoms with Crippen molar-refractivity contribution >= 4 is 11.8 Å². The van der Waals surface area contributed by atoms with Gasteiger partial charge in [-0.3, -0.25) is 14.3 Å². The number of carbonyl (C=O) groups excluding carboxylic acids is 2. The van der Waals surface area contributed by atoms with Gasteiger partial charge in [-0.25, -0.2) is 0 Å². The summed E-state index contributed by atoms with van der Waals surface area (Å²) in [6.07, 6.45) is 9.19. The van der Waals surface area contributed by atoms with Gasteiger partial charge in [0.05, 0.1) is 30.7 Å². The fourth-order valence-corrected chi connectivity index (χ4v) is 5.01. The van der Waals surface area contributed by atoms with Gasteiger partial charge in [0.15, 0.2) is 0 Å². The van der Waals surface area contributed by atoms with Crippen LogP contribution in [0.5, 0.6) is 0 Å². The fourth-order valence-electron chi connectivity index (χ4n) is 5.01. The summed E-state index contributed by atoms with van der Waals surface area (Å²) in [4.78, 5) is 30.2. The summed E-state index contributed by atoms with van der Waals surface area (Å²) in [7, 11) is 3.64. The topological polar surface area (TPSA) is 67.7 Å². The van der Waals surface area contributed by atoms with Crippen molar-refractivity contribution in [1.82, 2.24) is 19.6 Å². The van der Waals surface area contributed by atoms with Gasteiger partial charge in [0.25, 0.3) is 0 Å². The molecular weight excluding hydrogens is 344 g/mol. The van der Waals surface area contributed by atoms with Gasteiger partial charge in [-0.05, 0) is 12.8 Å². The third-order valence-electron chi connectivity index (χ3n) is 6.35. The molecule has 0 radical (unpaired) electrons. The third kappa shape index (κ3) is 2.71. The van der Waals surface area contributed by atoms with E-state index in [1.54, 1.807) is 22.8 Å². The fraction of sp³-hybridized carbons (Fsp3) is 0.650. The molecule has 0 saturated carbocycles. The van der Waals surface area contributed by atoms with E-state index in [4.69, 9.17) is 4.74 Å². The van der Waals surface area contributed by atoms with Crippen molar-refractivity contribution in [3.63, 3.8) is 0 Å². The third-order valence-corrected chi connectivity index (χ3v) is 6.35. The summed E-state index contributed by atoms with van der Waals surface area (Å²) in [5, 5.41) is 4.16. The summed E-state index contributed by atoms with van der Waals surface area (Å²) in [5.41, 5.74) is 0.346. The van der Waals surface area contributed by atoms with E-state index in [2.05, 4.69) is 18.9 Å². The molecule has 4 heterocycles. The van der Waals surface area contributed by atoms with Gasteiger partial charge in [0.1, 0.15) is 5.60 Å². The van der Waals surface area contributed by atoms with Gasteiger partial charge in [-0.2, -0.15) is 5.10 Å². The lowest BCUT2D eigenvalue weighted by Gasteiger charge is -2.29. The van der Waals surface area contributed by atoms with E-state index < -0.39 is 17.4 Å². The number of likely N-dealkylation sites (tertiary alicyclic amines) is 1. The first-order chi connectivity index (χ1) is 12.9. The summed E-state index contributed by atoms with van der Waals surface area (Å²) >= 11 is 0. The quantitative estimate of drug-likeness (QED) is 0.707. The van der Waals surface area contributed by atoms with Crippen LogP contribution in [0, 0.1) is 11.8 Å². The van der Waals surface area contributed by atoms with Crippen molar-refractivity contribution in [2.75, 3.05) is 13.6 Å². The van der Waals surface area contributed by atoms with Gasteiger partial charge in [-0.15, -0.1) is 0 Å². The molecule has 3 aliphatic heterocycles. The molecule has 0 N–H and O–H groups in total. The minimum Gasteiger partial charge on any atom is -0.360 e. The molecule has 1 spiro atoms. The van der Waals surface area contributed by atoms with Crippen LogP contribution in [0.1, 0.15) is 32.3 Å². The molecule has 1 aromatic heterocycles. The highest BCUT2D eigenvalue weighted by molar-refractivity contribution is 5.93. The van der Waals surface area contributed by atoms with Crippen molar-refractivity contribution in [1.29, 1.82) is 0 Å². The Labute approximate surface area is 159 Å². The molecule has 0 aromatic carbocycles. The Hall–Kier alpha value is -2.15. The predicted octanol–water partition coefficient (Wildman–Crippen LogP) is 1.35. The highest BCUT2D eigenvalue weighted by Gasteiger charge is 2.67. The number of carbonyl (C=O) groups is 2. The first-order valence-electron chi connectivity index (χ1n) is 9.80. The Morgan fingerprint density at radius 3 is 2.81 bits per heavy atom. The highest BCUT2D eigenvalue weighted by atomic mass is 16.5. The first-order valence-corrected chi connectivity index (χ1v) is 9.80. The van der Waals surface area contributed by atoms with Gasteiger partial charge in [-0.1, -0.05) is 26.0 Å². The van der Waals surface area contributed by atoms with E-state index in [1.807, 2.05) is 30.3 Å². The zero-order chi connectivity index (χ0) is 19.3. The minimum absolute atomic E-state index is 0.0279. The SMILES string of the molecule is CCC(CC)N1C[C@]23C=C[C@H](O2)C(C(=O)N(C)Cc2cnn(C)c2)C3C1=O. The molecule has 1 aromatic rings. The molecule has 3 aliphatic rings. The van der Waals surface area contributed by atoms with Crippen LogP contribution in [0.4, 0.5) is 0 Å². The number of rotatable bonds is 6. The van der Waals surface area contributed by atoms with Crippen LogP contribution in [0.15, 0.2) is 24.5 Å². The Morgan fingerprint density at radius 2 is 2.19 bits per heavy atom. The van der Waals surface area contributed by atoms with Crippen molar-refractivity contribution in [3.05, 3.63) is 30.1 Å². The Kier molecular flexibility index (Phi) is 4.37. The van der Waals surface area contributed by atoms with Crippen LogP contribution in [-0.2, 0) is 27.9 Å². The smallest absolute Gasteiger partial charge is 0.230 e. The molecule has 7 nitrogen and oxygen atoms in total. The van der Waals surface area contributed by atoms with E-state index >= 15 is 0 Å². The molecule has 146 valence electrons. The average molecular weight is 372 g/mol. The molecular formula is C20H28N4O3. The number of fused-ring (bicyclic) bond motifs is 1. The Balaban J connectivity index is 1.56. The number of aromatic nitrogens is 2. The van der Waals surface area contributed by atoms with Crippen LogP contribution in [-0.4, -0.2) is 62.7 Å². The maximum absolute atomic E-state index is 13.3. The summed E-state index contributed by atoms with van der Waals surface area (Å²) in [6, 6.07) is 0.206. The van der Waals surface area contributed by atoms with Crippen molar-refractivity contribution in [2.45, 2.75) is 51.0 Å². The Morgan fingerprint density at radius 1 is 1.44 bits per heavy atom. The number of amides is 2. The molecule has 2 amide bonds. The lowest BCUT2D eigenvalue weighted by molar-refractivity contribution is -0.143. The molecule has 7 heteroatoms. The number of ether oxygens (including phenoxy) is 1. The maximum Gasteiger partial charge on any atom is 0.230 e. The molecule has 0 aliphatic carbocycles. The molecule has 2 bridgehead atoms. The van der Waals surface area contributed by atoms with Crippen molar-refractivity contribution < 1.29 is 14.3 Å². The molecule has 27 heavy (non-hydrogen) atoms. The van der Waals surface area contributed by atoms with Crippen LogP contribution in [0.3, 0.4) is 0 Å². The van der Waals surface area contributed by atoms with Gasteiger partial charge >= 0.3 is 0 Å². The van der Waals surface area contributed by atoms with Crippen molar-refractivity contribution in [3.8, 4) is 0 Å². The second-order valence-electron chi connectivity index (χ2n) is 8.05. The largest absolute Gasteiger partial charge is 0.360 e. The van der Waals surface area contributed by atoms with E-state index in [0.29, 0.717) is 13.1 Å². The van der Waals surface area contributed by atoms with E-state index in [-0.39, 0.29) is 24.0 Å². The van der Waals surface area contributed by atoms with Crippen LogP contribution in [0.25, 0.3) is 0 Å². The summed E-state index contributed by atoms with van der Waals surface area (Å²) in [6.45, 7) is 5.24. The predicted molar refractivity (Wildman–Crippen MR) is 99.5 cm³/mol. The second kappa shape index (κ2) is 6.48. The molecule has 2 saturated heterocycles. The van der Waals surface area contributed by atoms with E-state index in [9.17, 15) is 9.59 Å². The minimum atomic E-state index is -0.625. The Bertz CT molecular complexity index is 784. The van der Waals surface area contributed by atoms with Crippen LogP contribution < -0.4 is 0 Å². The maximum atomic E-state index is 13.3. The molecule has 4 rings (SSSR count). The van der Waals surface area contributed by atoms with Gasteiger partial charge < -0.3 is 14.5 Å². The normalized spacial score (nSPS) is 31.2.